The van der Waals surface area contributed by atoms with E-state index >= 15 is 0 Å². The number of ether oxygens (including phenoxy) is 2. The number of hydrogen-bond donors (Lipinski definition) is 0. The van der Waals surface area contributed by atoms with Crippen LogP contribution in [-0.2, 0) is 9.47 Å². The van der Waals surface area contributed by atoms with Gasteiger partial charge in [-0.2, -0.15) is 0 Å². The Morgan fingerprint density at radius 2 is 1.66 bits per heavy atom. The topological polar surface area (TPSA) is 43.7 Å². The second-order valence-corrected chi connectivity index (χ2v) is 8.61. The number of aryl methyl sites for hydroxylation is 1. The largest absolute Gasteiger partial charge is 0.350 e. The molecule has 0 aliphatic carbocycles. The first kappa shape index (κ1) is 20.2. The van der Waals surface area contributed by atoms with Gasteiger partial charge in [0.2, 0.25) is 0 Å². The summed E-state index contributed by atoms with van der Waals surface area (Å²) in [6.45, 7) is 11.4. The molecule has 2 fully saturated rings. The minimum atomic E-state index is -0.0777. The van der Waals surface area contributed by atoms with E-state index < -0.39 is 0 Å². The number of rotatable bonds is 4. The summed E-state index contributed by atoms with van der Waals surface area (Å²) in [5.74, 6) is 1.04. The van der Waals surface area contributed by atoms with Gasteiger partial charge < -0.3 is 18.9 Å². The number of nitrogens with zero attached hydrogens (tertiary/aromatic N) is 2. The number of benzene rings is 1. The fourth-order valence-corrected chi connectivity index (χ4v) is 4.58. The fourth-order valence-electron chi connectivity index (χ4n) is 4.58. The summed E-state index contributed by atoms with van der Waals surface area (Å²) in [6.07, 6.45) is 1.79. The molecule has 3 heterocycles. The zero-order valence-corrected chi connectivity index (χ0v) is 18.0. The predicted octanol–water partition coefficient (Wildman–Crippen LogP) is 4.44. The lowest BCUT2D eigenvalue weighted by molar-refractivity contribution is -0.0956. The van der Waals surface area contributed by atoms with Gasteiger partial charge in [0.1, 0.15) is 0 Å². The van der Waals surface area contributed by atoms with Crippen LogP contribution >= 0.6 is 0 Å². The molecule has 0 atom stereocenters. The maximum absolute atomic E-state index is 13.2. The van der Waals surface area contributed by atoms with Gasteiger partial charge >= 0.3 is 0 Å². The maximum Gasteiger partial charge on any atom is 0.255 e. The number of amides is 1. The number of likely N-dealkylation sites (tertiary alicyclic amines) is 1. The molecule has 2 saturated heterocycles. The van der Waals surface area contributed by atoms with Gasteiger partial charge in [0.15, 0.2) is 6.29 Å². The van der Waals surface area contributed by atoms with Gasteiger partial charge in [-0.3, -0.25) is 4.79 Å². The molecule has 0 saturated carbocycles. The first-order valence-electron chi connectivity index (χ1n) is 10.8. The second-order valence-electron chi connectivity index (χ2n) is 8.61. The molecule has 0 N–H and O–H groups in total. The Morgan fingerprint density at radius 1 is 1.03 bits per heavy atom. The van der Waals surface area contributed by atoms with Crippen molar-refractivity contribution in [1.82, 2.24) is 9.47 Å². The normalized spacial score (nSPS) is 18.7. The van der Waals surface area contributed by atoms with E-state index in [1.54, 1.807) is 0 Å². The second kappa shape index (κ2) is 8.33. The van der Waals surface area contributed by atoms with Crippen molar-refractivity contribution in [3.05, 3.63) is 52.8 Å². The monoisotopic (exact) mass is 396 g/mol. The van der Waals surface area contributed by atoms with Crippen LogP contribution in [0.1, 0.15) is 59.9 Å². The quantitative estimate of drug-likeness (QED) is 0.767. The Morgan fingerprint density at radius 3 is 2.24 bits per heavy atom. The lowest BCUT2D eigenvalue weighted by Gasteiger charge is -2.33. The SMILES string of the molecule is Cc1cc(C(=O)N2CCC(C3OCCO3)CC2)c(C)n1-c1ccc(C(C)C)cc1. The van der Waals surface area contributed by atoms with Crippen molar-refractivity contribution in [2.24, 2.45) is 5.92 Å². The van der Waals surface area contributed by atoms with Crippen molar-refractivity contribution >= 4 is 5.91 Å². The summed E-state index contributed by atoms with van der Waals surface area (Å²) in [6, 6.07) is 10.7. The van der Waals surface area contributed by atoms with Crippen molar-refractivity contribution in [2.75, 3.05) is 26.3 Å². The van der Waals surface area contributed by atoms with Crippen LogP contribution in [0.25, 0.3) is 5.69 Å². The van der Waals surface area contributed by atoms with Gasteiger partial charge in [-0.25, -0.2) is 0 Å². The van der Waals surface area contributed by atoms with E-state index in [4.69, 9.17) is 9.47 Å². The standard InChI is InChI=1S/C24H32N2O3/c1-16(2)19-5-7-21(8-6-19)26-17(3)15-22(18(26)4)23(27)25-11-9-20(10-12-25)24-28-13-14-29-24/h5-8,15-16,20,24H,9-14H2,1-4H3. The molecule has 1 amide bonds. The number of aromatic nitrogens is 1. The van der Waals surface area contributed by atoms with Gasteiger partial charge in [0.05, 0.1) is 18.8 Å². The highest BCUT2D eigenvalue weighted by Gasteiger charge is 2.32. The van der Waals surface area contributed by atoms with Crippen molar-refractivity contribution in [3.63, 3.8) is 0 Å². The third kappa shape index (κ3) is 3.99. The Balaban J connectivity index is 1.49. The summed E-state index contributed by atoms with van der Waals surface area (Å²) in [7, 11) is 0. The van der Waals surface area contributed by atoms with E-state index in [0.29, 0.717) is 25.0 Å². The van der Waals surface area contributed by atoms with Crippen LogP contribution in [0.4, 0.5) is 0 Å². The van der Waals surface area contributed by atoms with E-state index in [2.05, 4.69) is 49.6 Å². The summed E-state index contributed by atoms with van der Waals surface area (Å²) in [4.78, 5) is 15.2. The molecule has 2 aliphatic heterocycles. The van der Waals surface area contributed by atoms with Crippen molar-refractivity contribution in [2.45, 2.75) is 52.7 Å². The zero-order valence-electron chi connectivity index (χ0n) is 18.0. The molecule has 0 spiro atoms. The Hall–Kier alpha value is -2.11. The minimum Gasteiger partial charge on any atom is -0.350 e. The minimum absolute atomic E-state index is 0.0777. The highest BCUT2D eigenvalue weighted by atomic mass is 16.7. The average molecular weight is 397 g/mol. The molecule has 1 aromatic carbocycles. The number of piperidine rings is 1. The fraction of sp³-hybridized carbons (Fsp3) is 0.542. The molecule has 0 unspecified atom stereocenters. The molecular weight excluding hydrogens is 364 g/mol. The van der Waals surface area contributed by atoms with Gasteiger partial charge in [-0.15, -0.1) is 0 Å². The molecule has 0 bridgehead atoms. The number of carbonyl (C=O) groups excluding carboxylic acids is 1. The molecular formula is C24H32N2O3. The van der Waals surface area contributed by atoms with E-state index in [-0.39, 0.29) is 12.2 Å². The third-order valence-corrected chi connectivity index (χ3v) is 6.34. The van der Waals surface area contributed by atoms with Crippen LogP contribution in [0.2, 0.25) is 0 Å². The Labute approximate surface area is 173 Å². The van der Waals surface area contributed by atoms with Crippen LogP contribution < -0.4 is 0 Å². The van der Waals surface area contributed by atoms with Gasteiger partial charge in [0, 0.05) is 36.1 Å². The third-order valence-electron chi connectivity index (χ3n) is 6.34. The highest BCUT2D eigenvalue weighted by molar-refractivity contribution is 5.96. The Bertz CT molecular complexity index is 855. The van der Waals surface area contributed by atoms with Gasteiger partial charge in [0.25, 0.3) is 5.91 Å². The van der Waals surface area contributed by atoms with Gasteiger partial charge in [-0.05, 0) is 56.4 Å². The van der Waals surface area contributed by atoms with Crippen LogP contribution in [0.5, 0.6) is 0 Å². The predicted molar refractivity (Wildman–Crippen MR) is 114 cm³/mol. The number of carbonyl (C=O) groups is 1. The van der Waals surface area contributed by atoms with E-state index in [1.807, 2.05) is 17.9 Å². The lowest BCUT2D eigenvalue weighted by atomic mass is 9.95. The van der Waals surface area contributed by atoms with Crippen molar-refractivity contribution < 1.29 is 14.3 Å². The zero-order chi connectivity index (χ0) is 20.5. The number of hydrogen-bond acceptors (Lipinski definition) is 3. The van der Waals surface area contributed by atoms with E-state index in [9.17, 15) is 4.79 Å². The van der Waals surface area contributed by atoms with Crippen LogP contribution in [0.3, 0.4) is 0 Å². The summed E-state index contributed by atoms with van der Waals surface area (Å²) in [5, 5.41) is 0. The molecule has 4 rings (SSSR count). The van der Waals surface area contributed by atoms with Crippen LogP contribution in [0, 0.1) is 19.8 Å². The van der Waals surface area contributed by atoms with Gasteiger partial charge in [-0.1, -0.05) is 26.0 Å². The Kier molecular flexibility index (Phi) is 5.79. The molecule has 5 heteroatoms. The molecule has 156 valence electrons. The molecule has 0 radical (unpaired) electrons. The van der Waals surface area contributed by atoms with E-state index in [1.165, 1.54) is 5.56 Å². The van der Waals surface area contributed by atoms with Crippen molar-refractivity contribution in [1.29, 1.82) is 0 Å². The van der Waals surface area contributed by atoms with Crippen molar-refractivity contribution in [3.8, 4) is 5.69 Å². The van der Waals surface area contributed by atoms with Crippen LogP contribution in [0.15, 0.2) is 30.3 Å². The summed E-state index contributed by atoms with van der Waals surface area (Å²) >= 11 is 0. The first-order chi connectivity index (χ1) is 14.0. The highest BCUT2D eigenvalue weighted by Crippen LogP contribution is 2.28. The molecule has 29 heavy (non-hydrogen) atoms. The maximum atomic E-state index is 13.2. The molecule has 2 aliphatic rings. The molecule has 2 aromatic rings. The lowest BCUT2D eigenvalue weighted by Crippen LogP contribution is -2.41. The van der Waals surface area contributed by atoms with E-state index in [0.717, 1.165) is 48.6 Å². The first-order valence-corrected chi connectivity index (χ1v) is 10.8. The summed E-state index contributed by atoms with van der Waals surface area (Å²) < 4.78 is 13.5. The molecule has 5 nitrogen and oxygen atoms in total. The summed E-state index contributed by atoms with van der Waals surface area (Å²) in [5.41, 5.74) is 5.34. The average Bonchev–Trinajstić information content (AvgIpc) is 3.36. The van der Waals surface area contributed by atoms with Crippen LogP contribution in [-0.4, -0.2) is 48.0 Å². The smallest absolute Gasteiger partial charge is 0.255 e. The molecule has 1 aromatic heterocycles.